The number of halogens is 1. The van der Waals surface area contributed by atoms with Gasteiger partial charge in [-0.05, 0) is 43.5 Å². The highest BCUT2D eigenvalue weighted by atomic mass is 19.1. The van der Waals surface area contributed by atoms with Crippen LogP contribution in [-0.2, 0) is 32.3 Å². The van der Waals surface area contributed by atoms with Crippen LogP contribution in [0, 0.1) is 17.7 Å². The van der Waals surface area contributed by atoms with Crippen molar-refractivity contribution in [1.82, 2.24) is 15.1 Å². The third-order valence-corrected chi connectivity index (χ3v) is 9.97. The number of rotatable bonds is 11. The Kier molecular flexibility index (Phi) is 11.3. The number of ether oxygens (including phenoxy) is 1. The summed E-state index contributed by atoms with van der Waals surface area (Å²) in [5.41, 5.74) is 1.76. The van der Waals surface area contributed by atoms with Crippen molar-refractivity contribution in [1.29, 1.82) is 0 Å². The fourth-order valence-electron chi connectivity index (χ4n) is 6.91. The Morgan fingerprint density at radius 2 is 1.74 bits per heavy atom. The molecule has 1 saturated heterocycles. The Hall–Kier alpha value is -3.57. The molecule has 3 amide bonds. The number of piperazine rings is 1. The van der Waals surface area contributed by atoms with Gasteiger partial charge in [0.2, 0.25) is 17.7 Å². The Labute approximate surface area is 270 Å². The van der Waals surface area contributed by atoms with Gasteiger partial charge in [0, 0.05) is 56.4 Å². The molecule has 1 aromatic heterocycles. The minimum Gasteiger partial charge on any atom is -0.466 e. The van der Waals surface area contributed by atoms with E-state index in [4.69, 9.17) is 9.15 Å². The van der Waals surface area contributed by atoms with E-state index in [9.17, 15) is 19.2 Å². The van der Waals surface area contributed by atoms with Gasteiger partial charge in [-0.3, -0.25) is 19.2 Å². The van der Waals surface area contributed by atoms with Crippen molar-refractivity contribution in [3.05, 3.63) is 52.7 Å². The Bertz CT molecular complexity index is 1410. The predicted octanol–water partition coefficient (Wildman–Crippen LogP) is 5.02. The summed E-state index contributed by atoms with van der Waals surface area (Å²) in [5, 5.41) is 5.64. The maximum atomic E-state index is 15.7. The number of carbonyl (C=O) groups excluding carboxylic acids is 4. The first-order valence-electron chi connectivity index (χ1n) is 16.7. The summed E-state index contributed by atoms with van der Waals surface area (Å²) >= 11 is 0. The second-order valence-electron chi connectivity index (χ2n) is 13.1. The molecule has 2 fully saturated rings. The maximum Gasteiger partial charge on any atom is 0.245 e. The molecular weight excluding hydrogens is 591 g/mol. The van der Waals surface area contributed by atoms with Gasteiger partial charge in [-0.15, -0.1) is 0 Å². The van der Waals surface area contributed by atoms with Crippen LogP contribution in [0.2, 0.25) is 0 Å². The minimum atomic E-state index is -0.851. The van der Waals surface area contributed by atoms with Crippen LogP contribution in [0.4, 0.5) is 10.1 Å². The van der Waals surface area contributed by atoms with Crippen molar-refractivity contribution in [2.75, 3.05) is 38.5 Å². The van der Waals surface area contributed by atoms with Crippen LogP contribution in [-0.4, -0.2) is 72.6 Å². The van der Waals surface area contributed by atoms with Crippen LogP contribution in [0.3, 0.4) is 0 Å². The molecule has 2 aromatic rings. The quantitative estimate of drug-likeness (QED) is 0.262. The number of nitrogens with one attached hydrogen (secondary N) is 2. The summed E-state index contributed by atoms with van der Waals surface area (Å²) in [6.07, 6.45) is 7.52. The molecule has 11 heteroatoms. The van der Waals surface area contributed by atoms with Crippen LogP contribution in [0.15, 0.2) is 28.9 Å². The second-order valence-corrected chi connectivity index (χ2v) is 13.1. The number of hydrogen-bond acceptors (Lipinski definition) is 7. The number of furan rings is 1. The molecule has 3 heterocycles. The molecule has 3 aliphatic rings. The van der Waals surface area contributed by atoms with Gasteiger partial charge in [0.15, 0.2) is 5.78 Å². The van der Waals surface area contributed by atoms with E-state index in [0.29, 0.717) is 43.2 Å². The van der Waals surface area contributed by atoms with E-state index in [1.807, 2.05) is 7.05 Å². The van der Waals surface area contributed by atoms with Gasteiger partial charge >= 0.3 is 0 Å². The molecule has 5 rings (SSSR count). The van der Waals surface area contributed by atoms with E-state index in [-0.39, 0.29) is 48.0 Å². The number of amides is 3. The summed E-state index contributed by atoms with van der Waals surface area (Å²) < 4.78 is 26.6. The Morgan fingerprint density at radius 3 is 2.41 bits per heavy atom. The molecule has 10 nitrogen and oxygen atoms in total. The first-order chi connectivity index (χ1) is 22.2. The average Bonchev–Trinajstić information content (AvgIpc) is 3.58. The first kappa shape index (κ1) is 33.8. The number of nitrogens with zero attached hydrogens (tertiary/aromatic N) is 2. The maximum absolute atomic E-state index is 15.7. The molecule has 46 heavy (non-hydrogen) atoms. The largest absolute Gasteiger partial charge is 0.466 e. The lowest BCUT2D eigenvalue weighted by Crippen LogP contribution is -2.55. The molecule has 2 aliphatic heterocycles. The van der Waals surface area contributed by atoms with Gasteiger partial charge in [0.1, 0.15) is 30.5 Å². The number of Topliss-reactive ketones (excluding diaryl/α,β-unsaturated/α-hetero) is 1. The van der Waals surface area contributed by atoms with Gasteiger partial charge < -0.3 is 29.6 Å². The highest BCUT2D eigenvalue weighted by Gasteiger charge is 2.35. The minimum absolute atomic E-state index is 0.00637. The topological polar surface area (TPSA) is 121 Å². The van der Waals surface area contributed by atoms with Gasteiger partial charge in [-0.2, -0.15) is 0 Å². The molecule has 1 saturated carbocycles. The summed E-state index contributed by atoms with van der Waals surface area (Å²) in [6.45, 7) is 6.76. The standard InChI is InChI=1S/C35H47FN4O6/c1-4-32(42)38-33(35(44)40-15-13-39(3)14-16-40)22(2)24-11-12-29(28(36)17-24)37-34(43)25(23-9-7-5-6-8-10-23)18-30(41)26-20-46-31-21-45-19-27(26)31/h11-12,17,20,22-23,25,33H,4-10,13-16,18-19,21H2,1-3H3,(H,37,43)(H,38,42)/t22-,25-,33+/m0/s1. The summed E-state index contributed by atoms with van der Waals surface area (Å²) in [4.78, 5) is 57.1. The zero-order chi connectivity index (χ0) is 32.8. The van der Waals surface area contributed by atoms with E-state index in [1.54, 1.807) is 24.8 Å². The summed E-state index contributed by atoms with van der Waals surface area (Å²) in [7, 11) is 2.00. The number of benzene rings is 1. The van der Waals surface area contributed by atoms with Crippen LogP contribution >= 0.6 is 0 Å². The molecule has 0 spiro atoms. The number of anilines is 1. The highest BCUT2D eigenvalue weighted by Crippen LogP contribution is 2.35. The van der Waals surface area contributed by atoms with Crippen molar-refractivity contribution in [2.45, 2.75) is 90.4 Å². The molecule has 1 aromatic carbocycles. The zero-order valence-electron chi connectivity index (χ0n) is 27.2. The van der Waals surface area contributed by atoms with Crippen molar-refractivity contribution in [3.8, 4) is 0 Å². The number of carbonyl (C=O) groups is 4. The predicted molar refractivity (Wildman–Crippen MR) is 171 cm³/mol. The van der Waals surface area contributed by atoms with Gasteiger partial charge in [0.25, 0.3) is 0 Å². The number of ketones is 1. The Morgan fingerprint density at radius 1 is 1.02 bits per heavy atom. The van der Waals surface area contributed by atoms with E-state index >= 15 is 4.39 Å². The fourth-order valence-corrected chi connectivity index (χ4v) is 6.91. The smallest absolute Gasteiger partial charge is 0.245 e. The van der Waals surface area contributed by atoms with Gasteiger partial charge in [-0.25, -0.2) is 4.39 Å². The van der Waals surface area contributed by atoms with Crippen molar-refractivity contribution < 1.29 is 32.7 Å². The van der Waals surface area contributed by atoms with E-state index < -0.39 is 23.7 Å². The molecule has 250 valence electrons. The molecule has 0 bridgehead atoms. The van der Waals surface area contributed by atoms with Crippen LogP contribution in [0.5, 0.6) is 0 Å². The monoisotopic (exact) mass is 638 g/mol. The van der Waals surface area contributed by atoms with Crippen LogP contribution < -0.4 is 10.6 Å². The molecule has 1 aliphatic carbocycles. The molecule has 0 unspecified atom stereocenters. The number of hydrogen-bond donors (Lipinski definition) is 2. The second kappa shape index (κ2) is 15.3. The van der Waals surface area contributed by atoms with Gasteiger partial charge in [0.05, 0.1) is 17.9 Å². The molecule has 2 N–H and O–H groups in total. The van der Waals surface area contributed by atoms with Crippen molar-refractivity contribution >= 4 is 29.2 Å². The first-order valence-corrected chi connectivity index (χ1v) is 16.7. The van der Waals surface area contributed by atoms with E-state index in [0.717, 1.165) is 57.2 Å². The highest BCUT2D eigenvalue weighted by molar-refractivity contribution is 6.02. The van der Waals surface area contributed by atoms with E-state index in [1.165, 1.54) is 18.4 Å². The third-order valence-electron chi connectivity index (χ3n) is 9.97. The van der Waals surface area contributed by atoms with Gasteiger partial charge in [-0.1, -0.05) is 45.6 Å². The number of fused-ring (bicyclic) bond motifs is 1. The summed E-state index contributed by atoms with van der Waals surface area (Å²) in [5.74, 6) is -2.11. The lowest BCUT2D eigenvalue weighted by Gasteiger charge is -2.36. The van der Waals surface area contributed by atoms with Crippen LogP contribution in [0.1, 0.15) is 98.4 Å². The van der Waals surface area contributed by atoms with Crippen molar-refractivity contribution in [2.24, 2.45) is 11.8 Å². The van der Waals surface area contributed by atoms with E-state index in [2.05, 4.69) is 15.5 Å². The van der Waals surface area contributed by atoms with Crippen molar-refractivity contribution in [3.63, 3.8) is 0 Å². The SMILES string of the molecule is CCC(=O)N[C@@H](C(=O)N1CCN(C)CC1)[C@@H](C)c1ccc(NC(=O)[C@@H](CC(=O)c2coc3c2COC3)C2CCCCCC2)c(F)c1. The normalized spacial score (nSPS) is 19.5. The third kappa shape index (κ3) is 7.86. The Balaban J connectivity index is 1.32. The average molecular weight is 639 g/mol. The lowest BCUT2D eigenvalue weighted by molar-refractivity contribution is -0.138. The molecular formula is C35H47FN4O6. The number of likely N-dealkylation sites (N-methyl/N-ethyl adjacent to an activating group) is 1. The lowest BCUT2D eigenvalue weighted by atomic mass is 9.81. The van der Waals surface area contributed by atoms with Crippen LogP contribution in [0.25, 0.3) is 0 Å². The zero-order valence-corrected chi connectivity index (χ0v) is 27.2. The molecule has 3 atom stereocenters. The fraction of sp³-hybridized carbons (Fsp3) is 0.600. The molecule has 0 radical (unpaired) electrons. The summed E-state index contributed by atoms with van der Waals surface area (Å²) in [6, 6.07) is 3.66.